The smallest absolute Gasteiger partial charge is 0.240 e. The van der Waals surface area contributed by atoms with E-state index in [1.807, 2.05) is 30.3 Å². The molecule has 6 nitrogen and oxygen atoms in total. The normalized spacial score (nSPS) is 11.1. The maximum atomic E-state index is 5.43. The van der Waals surface area contributed by atoms with Gasteiger partial charge in [-0.15, -0.1) is 0 Å². The van der Waals surface area contributed by atoms with Crippen LogP contribution in [0.4, 0.5) is 0 Å². The van der Waals surface area contributed by atoms with E-state index in [0.717, 1.165) is 33.7 Å². The Balaban J connectivity index is 1.64. The van der Waals surface area contributed by atoms with Crippen molar-refractivity contribution in [3.8, 4) is 11.3 Å². The van der Waals surface area contributed by atoms with Gasteiger partial charge in [0, 0.05) is 15.2 Å². The zero-order chi connectivity index (χ0) is 14.9. The second-order valence-electron chi connectivity index (χ2n) is 4.88. The fourth-order valence-electron chi connectivity index (χ4n) is 2.32. The fourth-order valence-corrected chi connectivity index (χ4v) is 2.68. The SMILES string of the molecule is Ic1ccc(-c2cc(Cc3nncc4[nH]c[nH+]c34)on2)cc1. The number of fused-ring (bicyclic) bond motifs is 1. The molecule has 0 amide bonds. The van der Waals surface area contributed by atoms with E-state index in [-0.39, 0.29) is 0 Å². The van der Waals surface area contributed by atoms with E-state index in [0.29, 0.717) is 6.42 Å². The molecule has 0 saturated carbocycles. The summed E-state index contributed by atoms with van der Waals surface area (Å²) in [7, 11) is 0. The van der Waals surface area contributed by atoms with Crippen molar-refractivity contribution in [2.45, 2.75) is 6.42 Å². The highest BCUT2D eigenvalue weighted by Crippen LogP contribution is 2.22. The van der Waals surface area contributed by atoms with Crippen molar-refractivity contribution in [2.24, 2.45) is 0 Å². The molecular formula is C15H11IN5O+. The maximum Gasteiger partial charge on any atom is 0.240 e. The molecule has 3 aromatic heterocycles. The van der Waals surface area contributed by atoms with Crippen LogP contribution in [0.25, 0.3) is 22.3 Å². The monoisotopic (exact) mass is 404 g/mol. The van der Waals surface area contributed by atoms with Crippen LogP contribution >= 0.6 is 22.6 Å². The van der Waals surface area contributed by atoms with Gasteiger partial charge < -0.3 is 4.52 Å². The highest BCUT2D eigenvalue weighted by Gasteiger charge is 2.14. The molecule has 2 N–H and O–H groups in total. The second-order valence-corrected chi connectivity index (χ2v) is 6.12. The van der Waals surface area contributed by atoms with Crippen LogP contribution in [-0.4, -0.2) is 20.3 Å². The molecule has 0 bridgehead atoms. The number of rotatable bonds is 3. The molecule has 4 rings (SSSR count). The molecule has 0 fully saturated rings. The van der Waals surface area contributed by atoms with Crippen LogP contribution in [0.15, 0.2) is 47.4 Å². The van der Waals surface area contributed by atoms with E-state index in [2.05, 4.69) is 47.9 Å². The van der Waals surface area contributed by atoms with Gasteiger partial charge in [0.05, 0.1) is 6.42 Å². The van der Waals surface area contributed by atoms with Crippen molar-refractivity contribution in [1.29, 1.82) is 0 Å². The lowest BCUT2D eigenvalue weighted by atomic mass is 10.1. The summed E-state index contributed by atoms with van der Waals surface area (Å²) in [6, 6.07) is 10.1. The molecular weight excluding hydrogens is 393 g/mol. The number of aromatic amines is 2. The number of hydrogen-bond donors (Lipinski definition) is 1. The molecule has 0 saturated heterocycles. The van der Waals surface area contributed by atoms with Gasteiger partial charge in [-0.25, -0.2) is 9.97 Å². The summed E-state index contributed by atoms with van der Waals surface area (Å²) in [6.45, 7) is 0. The third-order valence-corrected chi connectivity index (χ3v) is 4.13. The molecule has 108 valence electrons. The van der Waals surface area contributed by atoms with Crippen molar-refractivity contribution in [1.82, 2.24) is 20.3 Å². The number of H-pyrrole nitrogens is 2. The summed E-state index contributed by atoms with van der Waals surface area (Å²) in [6.07, 6.45) is 3.98. The fraction of sp³-hybridized carbons (Fsp3) is 0.0667. The summed E-state index contributed by atoms with van der Waals surface area (Å²) in [5.74, 6) is 0.755. The van der Waals surface area contributed by atoms with Gasteiger partial charge in [0.25, 0.3) is 0 Å². The van der Waals surface area contributed by atoms with E-state index < -0.39 is 0 Å². The predicted molar refractivity (Wildman–Crippen MR) is 87.9 cm³/mol. The van der Waals surface area contributed by atoms with E-state index in [9.17, 15) is 0 Å². The maximum absolute atomic E-state index is 5.43. The molecule has 4 aromatic rings. The van der Waals surface area contributed by atoms with Crippen LogP contribution in [-0.2, 0) is 6.42 Å². The molecule has 0 atom stereocenters. The van der Waals surface area contributed by atoms with Gasteiger partial charge >= 0.3 is 0 Å². The van der Waals surface area contributed by atoms with Crippen LogP contribution in [0.5, 0.6) is 0 Å². The van der Waals surface area contributed by atoms with Gasteiger partial charge in [0.15, 0.2) is 11.0 Å². The van der Waals surface area contributed by atoms with Crippen LogP contribution in [0, 0.1) is 3.57 Å². The lowest BCUT2D eigenvalue weighted by molar-refractivity contribution is -0.345. The lowest BCUT2D eigenvalue weighted by Crippen LogP contribution is -2.03. The number of aromatic nitrogens is 5. The van der Waals surface area contributed by atoms with Gasteiger partial charge in [0.2, 0.25) is 6.33 Å². The van der Waals surface area contributed by atoms with Gasteiger partial charge in [-0.2, -0.15) is 10.2 Å². The molecule has 0 unspecified atom stereocenters. The summed E-state index contributed by atoms with van der Waals surface area (Å²) < 4.78 is 6.62. The summed E-state index contributed by atoms with van der Waals surface area (Å²) >= 11 is 2.28. The van der Waals surface area contributed by atoms with Gasteiger partial charge in [0.1, 0.15) is 23.3 Å². The number of hydrogen-bond acceptors (Lipinski definition) is 4. The third kappa shape index (κ3) is 2.47. The van der Waals surface area contributed by atoms with Crippen molar-refractivity contribution in [3.63, 3.8) is 0 Å². The highest BCUT2D eigenvalue weighted by atomic mass is 127. The molecule has 1 aromatic carbocycles. The molecule has 7 heteroatoms. The third-order valence-electron chi connectivity index (χ3n) is 3.41. The highest BCUT2D eigenvalue weighted by molar-refractivity contribution is 14.1. The lowest BCUT2D eigenvalue weighted by Gasteiger charge is -1.95. The minimum Gasteiger partial charge on any atom is -0.360 e. The van der Waals surface area contributed by atoms with Crippen LogP contribution in [0.2, 0.25) is 0 Å². The largest absolute Gasteiger partial charge is 0.360 e. The quantitative estimate of drug-likeness (QED) is 0.533. The Labute approximate surface area is 139 Å². The van der Waals surface area contributed by atoms with Gasteiger partial charge in [-0.1, -0.05) is 17.3 Å². The zero-order valence-electron chi connectivity index (χ0n) is 11.4. The topological polar surface area (TPSA) is 81.7 Å². The minimum absolute atomic E-state index is 0.538. The first-order chi connectivity index (χ1) is 10.8. The van der Waals surface area contributed by atoms with Gasteiger partial charge in [-0.3, -0.25) is 0 Å². The van der Waals surface area contributed by atoms with Crippen molar-refractivity contribution >= 4 is 33.6 Å². The first-order valence-electron chi connectivity index (χ1n) is 6.70. The Morgan fingerprint density at radius 1 is 1.23 bits per heavy atom. The number of nitrogens with one attached hydrogen (secondary N) is 2. The molecule has 0 spiro atoms. The van der Waals surface area contributed by atoms with E-state index >= 15 is 0 Å². The molecule has 0 aliphatic rings. The molecule has 3 heterocycles. The average molecular weight is 404 g/mol. The van der Waals surface area contributed by atoms with Crippen LogP contribution < -0.4 is 4.98 Å². The summed E-state index contributed by atoms with van der Waals surface area (Å²) in [5, 5.41) is 12.3. The Morgan fingerprint density at radius 3 is 2.95 bits per heavy atom. The molecule has 0 aliphatic carbocycles. The molecule has 22 heavy (non-hydrogen) atoms. The van der Waals surface area contributed by atoms with Crippen molar-refractivity contribution in [3.05, 3.63) is 57.9 Å². The van der Waals surface area contributed by atoms with Crippen molar-refractivity contribution in [2.75, 3.05) is 0 Å². The standard InChI is InChI=1S/C15H10IN5O/c16-10-3-1-9(2-4-10)12-5-11(22-21-12)6-13-15-14(7-19-20-13)17-8-18-15/h1-5,7-8H,6H2,(H,17,18)/p+1. The number of nitrogens with zero attached hydrogens (tertiary/aromatic N) is 3. The molecule has 0 radical (unpaired) electrons. The first-order valence-corrected chi connectivity index (χ1v) is 7.78. The van der Waals surface area contributed by atoms with Gasteiger partial charge in [-0.05, 0) is 34.7 Å². The number of imidazole rings is 1. The Morgan fingerprint density at radius 2 is 2.09 bits per heavy atom. The second kappa shape index (κ2) is 5.48. The number of benzene rings is 1. The van der Waals surface area contributed by atoms with E-state index in [4.69, 9.17) is 4.52 Å². The van der Waals surface area contributed by atoms with E-state index in [1.165, 1.54) is 3.57 Å². The summed E-state index contributed by atoms with van der Waals surface area (Å²) in [5.41, 5.74) is 4.53. The minimum atomic E-state index is 0.538. The molecule has 0 aliphatic heterocycles. The predicted octanol–water partition coefficient (Wildman–Crippen LogP) is 2.62. The van der Waals surface area contributed by atoms with E-state index in [1.54, 1.807) is 12.5 Å². The first kappa shape index (κ1) is 13.4. The Kier molecular flexibility index (Phi) is 3.34. The number of halogens is 1. The Bertz CT molecular complexity index is 928. The van der Waals surface area contributed by atoms with Crippen LogP contribution in [0.3, 0.4) is 0 Å². The average Bonchev–Trinajstić information content (AvgIpc) is 3.17. The summed E-state index contributed by atoms with van der Waals surface area (Å²) in [4.78, 5) is 6.21. The Hall–Kier alpha value is -2.29. The zero-order valence-corrected chi connectivity index (χ0v) is 13.5. The van der Waals surface area contributed by atoms with Crippen molar-refractivity contribution < 1.29 is 9.51 Å². The van der Waals surface area contributed by atoms with Crippen LogP contribution in [0.1, 0.15) is 11.5 Å².